The van der Waals surface area contributed by atoms with Crippen LogP contribution in [-0.2, 0) is 9.53 Å². The Bertz CT molecular complexity index is 549. The van der Waals surface area contributed by atoms with Gasteiger partial charge in [-0.1, -0.05) is 56.4 Å². The highest BCUT2D eigenvalue weighted by Gasteiger charge is 2.38. The molecular formula is C23H38O5. The van der Waals surface area contributed by atoms with E-state index in [4.69, 9.17) is 14.9 Å². The normalized spacial score (nSPS) is 24.4. The van der Waals surface area contributed by atoms with E-state index in [1.807, 2.05) is 19.9 Å². The number of rotatable bonds is 13. The Morgan fingerprint density at radius 3 is 2.54 bits per heavy atom. The molecule has 160 valence electrons. The first-order valence-corrected chi connectivity index (χ1v) is 10.5. The summed E-state index contributed by atoms with van der Waals surface area (Å²) in [4.78, 5) is 12.2. The van der Waals surface area contributed by atoms with Crippen LogP contribution in [0.2, 0.25) is 0 Å². The Kier molecular flexibility index (Phi) is 12.0. The second kappa shape index (κ2) is 13.7. The van der Waals surface area contributed by atoms with Crippen LogP contribution >= 0.6 is 0 Å². The number of carbonyl (C=O) groups is 1. The van der Waals surface area contributed by atoms with Crippen LogP contribution in [0.3, 0.4) is 0 Å². The summed E-state index contributed by atoms with van der Waals surface area (Å²) in [5.41, 5.74) is 1.47. The van der Waals surface area contributed by atoms with Gasteiger partial charge in [0.1, 0.15) is 0 Å². The van der Waals surface area contributed by atoms with Crippen molar-refractivity contribution in [3.63, 3.8) is 0 Å². The number of hydrogen-bond acceptors (Lipinski definition) is 5. The molecule has 0 bridgehead atoms. The van der Waals surface area contributed by atoms with Gasteiger partial charge in [0.05, 0.1) is 19.3 Å². The van der Waals surface area contributed by atoms with Gasteiger partial charge in [0, 0.05) is 18.1 Å². The summed E-state index contributed by atoms with van der Waals surface area (Å²) < 4.78 is 5.32. The topological polar surface area (TPSA) is 87.0 Å². The van der Waals surface area contributed by atoms with E-state index in [0.717, 1.165) is 62.5 Å². The molecule has 0 aromatic heterocycles. The summed E-state index contributed by atoms with van der Waals surface area (Å²) in [6.07, 6.45) is 14.8. The molecule has 1 fully saturated rings. The largest absolute Gasteiger partial charge is 0.463 e. The van der Waals surface area contributed by atoms with Crippen LogP contribution in [-0.4, -0.2) is 47.2 Å². The minimum Gasteiger partial charge on any atom is -0.463 e. The van der Waals surface area contributed by atoms with Crippen LogP contribution in [0.25, 0.3) is 0 Å². The predicted octanol–water partition coefficient (Wildman–Crippen LogP) is 3.83. The summed E-state index contributed by atoms with van der Waals surface area (Å²) in [6, 6.07) is 0. The van der Waals surface area contributed by atoms with Gasteiger partial charge >= 0.3 is 5.97 Å². The Hall–Kier alpha value is -1.43. The van der Waals surface area contributed by atoms with Crippen molar-refractivity contribution >= 4 is 5.97 Å². The van der Waals surface area contributed by atoms with E-state index < -0.39 is 6.10 Å². The third-order valence-corrected chi connectivity index (χ3v) is 5.39. The lowest BCUT2D eigenvalue weighted by atomic mass is 9.83. The molecule has 0 aromatic rings. The van der Waals surface area contributed by atoms with Crippen molar-refractivity contribution in [2.75, 3.05) is 19.8 Å². The Balaban J connectivity index is 2.48. The SMILES string of the molecule is C/C(=C\CO)C/C=C/[C@]1(C)CC[C@H](O)/C1=C\C(=O)OCCCCCCCCO. The van der Waals surface area contributed by atoms with Gasteiger partial charge in [0.15, 0.2) is 0 Å². The van der Waals surface area contributed by atoms with Gasteiger partial charge in [-0.25, -0.2) is 4.79 Å². The maximum absolute atomic E-state index is 12.2. The average molecular weight is 395 g/mol. The number of aliphatic hydroxyl groups excluding tert-OH is 3. The van der Waals surface area contributed by atoms with E-state index in [1.165, 1.54) is 6.08 Å². The van der Waals surface area contributed by atoms with E-state index >= 15 is 0 Å². The third-order valence-electron chi connectivity index (χ3n) is 5.39. The number of hydrogen-bond donors (Lipinski definition) is 3. The van der Waals surface area contributed by atoms with Crippen LogP contribution < -0.4 is 0 Å². The van der Waals surface area contributed by atoms with Crippen molar-refractivity contribution in [1.82, 2.24) is 0 Å². The third kappa shape index (κ3) is 9.18. The number of ether oxygens (including phenoxy) is 1. The smallest absolute Gasteiger partial charge is 0.330 e. The van der Waals surface area contributed by atoms with E-state index in [9.17, 15) is 9.90 Å². The van der Waals surface area contributed by atoms with Gasteiger partial charge in [-0.05, 0) is 44.6 Å². The summed E-state index contributed by atoms with van der Waals surface area (Å²) in [5, 5.41) is 28.0. The molecule has 1 saturated carbocycles. The molecule has 0 aliphatic heterocycles. The highest BCUT2D eigenvalue weighted by Crippen LogP contribution is 2.44. The van der Waals surface area contributed by atoms with Gasteiger partial charge in [0.25, 0.3) is 0 Å². The summed E-state index contributed by atoms with van der Waals surface area (Å²) in [6.45, 7) is 4.69. The Labute approximate surface area is 169 Å². The van der Waals surface area contributed by atoms with Crippen LogP contribution in [0.1, 0.15) is 71.6 Å². The molecule has 1 aliphatic carbocycles. The fraction of sp³-hybridized carbons (Fsp3) is 0.696. The second-order valence-electron chi connectivity index (χ2n) is 7.92. The zero-order chi connectivity index (χ0) is 20.8. The molecule has 1 rings (SSSR count). The number of esters is 1. The van der Waals surface area contributed by atoms with Gasteiger partial charge in [0.2, 0.25) is 0 Å². The maximum atomic E-state index is 12.2. The molecule has 28 heavy (non-hydrogen) atoms. The molecule has 1 aliphatic rings. The zero-order valence-electron chi connectivity index (χ0n) is 17.5. The molecule has 0 aromatic carbocycles. The number of allylic oxidation sites excluding steroid dienone is 3. The predicted molar refractivity (Wildman–Crippen MR) is 112 cm³/mol. The molecule has 0 saturated heterocycles. The van der Waals surface area contributed by atoms with Crippen LogP contribution in [0.15, 0.2) is 35.5 Å². The standard InChI is InChI=1S/C23H38O5/c1-19(12-16-25)10-9-13-23(2)14-11-21(26)20(23)18-22(27)28-17-8-6-4-3-5-7-15-24/h9,12-13,18,21,24-26H,3-8,10-11,14-17H2,1-2H3/b13-9+,19-12+,20-18+/t21-,23+/m0/s1. The fourth-order valence-corrected chi connectivity index (χ4v) is 3.56. The van der Waals surface area contributed by atoms with Crippen LogP contribution in [0.4, 0.5) is 0 Å². The monoisotopic (exact) mass is 394 g/mol. The van der Waals surface area contributed by atoms with Gasteiger partial charge in [-0.15, -0.1) is 0 Å². The first-order chi connectivity index (χ1) is 13.4. The maximum Gasteiger partial charge on any atom is 0.330 e. The minimum atomic E-state index is -0.609. The van der Waals surface area contributed by atoms with Gasteiger partial charge in [-0.2, -0.15) is 0 Å². The molecule has 0 spiro atoms. The Morgan fingerprint density at radius 2 is 1.86 bits per heavy atom. The van der Waals surface area contributed by atoms with E-state index in [-0.39, 0.29) is 24.6 Å². The van der Waals surface area contributed by atoms with Crippen molar-refractivity contribution in [2.45, 2.75) is 77.7 Å². The van der Waals surface area contributed by atoms with Crippen molar-refractivity contribution in [2.24, 2.45) is 5.41 Å². The average Bonchev–Trinajstić information content (AvgIpc) is 2.93. The summed E-state index contributed by atoms with van der Waals surface area (Å²) in [5.74, 6) is -0.382. The van der Waals surface area contributed by atoms with Gasteiger partial charge in [-0.3, -0.25) is 0 Å². The lowest BCUT2D eigenvalue weighted by Gasteiger charge is -2.22. The van der Waals surface area contributed by atoms with Crippen molar-refractivity contribution in [3.8, 4) is 0 Å². The molecule has 0 unspecified atom stereocenters. The van der Waals surface area contributed by atoms with Crippen molar-refractivity contribution in [3.05, 3.63) is 35.5 Å². The number of unbranched alkanes of at least 4 members (excludes halogenated alkanes) is 5. The first-order valence-electron chi connectivity index (χ1n) is 10.5. The number of aliphatic hydroxyl groups is 3. The second-order valence-corrected chi connectivity index (χ2v) is 7.92. The quantitative estimate of drug-likeness (QED) is 0.191. The zero-order valence-corrected chi connectivity index (χ0v) is 17.5. The molecule has 0 radical (unpaired) electrons. The molecule has 0 heterocycles. The highest BCUT2D eigenvalue weighted by molar-refractivity contribution is 5.83. The van der Waals surface area contributed by atoms with Gasteiger partial charge < -0.3 is 20.1 Å². The summed E-state index contributed by atoms with van der Waals surface area (Å²) >= 11 is 0. The van der Waals surface area contributed by atoms with Crippen LogP contribution in [0, 0.1) is 5.41 Å². The highest BCUT2D eigenvalue weighted by atomic mass is 16.5. The van der Waals surface area contributed by atoms with E-state index in [0.29, 0.717) is 13.0 Å². The molecule has 0 amide bonds. The first kappa shape index (κ1) is 24.6. The van der Waals surface area contributed by atoms with Crippen molar-refractivity contribution < 1.29 is 24.9 Å². The van der Waals surface area contributed by atoms with E-state index in [2.05, 4.69) is 6.08 Å². The molecule has 3 N–H and O–H groups in total. The summed E-state index contributed by atoms with van der Waals surface area (Å²) in [7, 11) is 0. The Morgan fingerprint density at radius 1 is 1.18 bits per heavy atom. The molecule has 2 atom stereocenters. The van der Waals surface area contributed by atoms with E-state index in [1.54, 1.807) is 6.08 Å². The van der Waals surface area contributed by atoms with Crippen molar-refractivity contribution in [1.29, 1.82) is 0 Å². The number of carbonyl (C=O) groups excluding carboxylic acids is 1. The molecular weight excluding hydrogens is 356 g/mol. The molecule has 5 nitrogen and oxygen atoms in total. The molecule has 5 heteroatoms. The van der Waals surface area contributed by atoms with Crippen LogP contribution in [0.5, 0.6) is 0 Å². The minimum absolute atomic E-state index is 0.0370. The fourth-order valence-electron chi connectivity index (χ4n) is 3.56. The lowest BCUT2D eigenvalue weighted by molar-refractivity contribution is -0.138. The lowest BCUT2D eigenvalue weighted by Crippen LogP contribution is -2.18.